The SMILES string of the molecule is O=C(c1ccc(COCC(F)(F)F)cc1)N1CCN(C(=O)c2ccc(F)cc2Cl)CC1. The third-order valence-electron chi connectivity index (χ3n) is 4.75. The molecule has 1 fully saturated rings. The number of halogens is 5. The number of piperazine rings is 1. The Labute approximate surface area is 181 Å². The number of amides is 2. The molecule has 0 saturated carbocycles. The van der Waals surface area contributed by atoms with Crippen LogP contribution in [0.5, 0.6) is 0 Å². The minimum atomic E-state index is -4.39. The van der Waals surface area contributed by atoms with Crippen LogP contribution in [-0.4, -0.2) is 60.6 Å². The predicted molar refractivity (Wildman–Crippen MR) is 105 cm³/mol. The molecule has 0 radical (unpaired) electrons. The van der Waals surface area contributed by atoms with Crippen LogP contribution in [0.3, 0.4) is 0 Å². The van der Waals surface area contributed by atoms with Crippen molar-refractivity contribution in [3.8, 4) is 0 Å². The number of carbonyl (C=O) groups is 2. The van der Waals surface area contributed by atoms with Crippen molar-refractivity contribution in [3.63, 3.8) is 0 Å². The van der Waals surface area contributed by atoms with Crippen LogP contribution in [-0.2, 0) is 11.3 Å². The first kappa shape index (κ1) is 23.0. The highest BCUT2D eigenvalue weighted by Gasteiger charge is 2.28. The first-order chi connectivity index (χ1) is 14.6. The lowest BCUT2D eigenvalue weighted by molar-refractivity contribution is -0.176. The van der Waals surface area contributed by atoms with Gasteiger partial charge in [0.2, 0.25) is 0 Å². The minimum Gasteiger partial charge on any atom is -0.367 e. The van der Waals surface area contributed by atoms with Crippen molar-refractivity contribution in [2.75, 3.05) is 32.8 Å². The molecule has 2 aromatic rings. The van der Waals surface area contributed by atoms with E-state index in [9.17, 15) is 27.2 Å². The topological polar surface area (TPSA) is 49.9 Å². The van der Waals surface area contributed by atoms with Gasteiger partial charge in [-0.25, -0.2) is 4.39 Å². The van der Waals surface area contributed by atoms with Crippen LogP contribution in [0.4, 0.5) is 17.6 Å². The summed E-state index contributed by atoms with van der Waals surface area (Å²) in [6.07, 6.45) is -4.39. The largest absolute Gasteiger partial charge is 0.411 e. The smallest absolute Gasteiger partial charge is 0.367 e. The number of rotatable bonds is 5. The molecule has 3 rings (SSSR count). The van der Waals surface area contributed by atoms with Gasteiger partial charge in [-0.1, -0.05) is 23.7 Å². The first-order valence-corrected chi connectivity index (χ1v) is 9.79. The molecule has 10 heteroatoms. The van der Waals surface area contributed by atoms with Gasteiger partial charge in [-0.05, 0) is 35.9 Å². The molecule has 31 heavy (non-hydrogen) atoms. The maximum atomic E-state index is 13.2. The van der Waals surface area contributed by atoms with E-state index in [1.807, 2.05) is 0 Å². The minimum absolute atomic E-state index is 0.0304. The summed E-state index contributed by atoms with van der Waals surface area (Å²) < 4.78 is 54.1. The molecule has 1 heterocycles. The lowest BCUT2D eigenvalue weighted by Gasteiger charge is -2.35. The second-order valence-corrected chi connectivity index (χ2v) is 7.42. The Morgan fingerprint density at radius 2 is 1.52 bits per heavy atom. The third kappa shape index (κ3) is 6.18. The first-order valence-electron chi connectivity index (χ1n) is 9.41. The van der Waals surface area contributed by atoms with Gasteiger partial charge in [-0.15, -0.1) is 0 Å². The molecule has 1 saturated heterocycles. The second-order valence-electron chi connectivity index (χ2n) is 7.01. The highest BCUT2D eigenvalue weighted by atomic mass is 35.5. The molecular weight excluding hydrogens is 440 g/mol. The fourth-order valence-electron chi connectivity index (χ4n) is 3.16. The normalized spacial score (nSPS) is 14.6. The summed E-state index contributed by atoms with van der Waals surface area (Å²) >= 11 is 5.95. The Morgan fingerprint density at radius 1 is 0.935 bits per heavy atom. The summed E-state index contributed by atoms with van der Waals surface area (Å²) in [4.78, 5) is 28.4. The lowest BCUT2D eigenvalue weighted by Crippen LogP contribution is -2.50. The van der Waals surface area contributed by atoms with Crippen LogP contribution in [0.2, 0.25) is 5.02 Å². The number of hydrogen-bond donors (Lipinski definition) is 0. The van der Waals surface area contributed by atoms with E-state index in [-0.39, 0.29) is 29.0 Å². The Balaban J connectivity index is 1.53. The van der Waals surface area contributed by atoms with Gasteiger partial charge < -0.3 is 14.5 Å². The van der Waals surface area contributed by atoms with Crippen LogP contribution in [0.1, 0.15) is 26.3 Å². The second kappa shape index (κ2) is 9.65. The molecule has 0 atom stereocenters. The van der Waals surface area contributed by atoms with E-state index in [0.717, 1.165) is 12.1 Å². The van der Waals surface area contributed by atoms with Crippen LogP contribution >= 0.6 is 11.6 Å². The number of alkyl halides is 3. The van der Waals surface area contributed by atoms with Gasteiger partial charge in [0.15, 0.2) is 0 Å². The summed E-state index contributed by atoms with van der Waals surface area (Å²) in [5, 5.41) is 0.0304. The van der Waals surface area contributed by atoms with Crippen molar-refractivity contribution in [2.24, 2.45) is 0 Å². The molecule has 166 valence electrons. The van der Waals surface area contributed by atoms with Gasteiger partial charge >= 0.3 is 6.18 Å². The van der Waals surface area contributed by atoms with E-state index in [1.54, 1.807) is 21.9 Å². The number of carbonyl (C=O) groups excluding carboxylic acids is 2. The monoisotopic (exact) mass is 458 g/mol. The van der Waals surface area contributed by atoms with Gasteiger partial charge in [0.25, 0.3) is 11.8 Å². The van der Waals surface area contributed by atoms with Crippen molar-refractivity contribution >= 4 is 23.4 Å². The summed E-state index contributed by atoms with van der Waals surface area (Å²) in [6, 6.07) is 9.72. The van der Waals surface area contributed by atoms with E-state index in [0.29, 0.717) is 37.3 Å². The predicted octanol–water partition coefficient (Wildman–Crippen LogP) is 4.16. The Morgan fingerprint density at radius 3 is 2.06 bits per heavy atom. The zero-order valence-corrected chi connectivity index (χ0v) is 17.0. The van der Waals surface area contributed by atoms with E-state index in [2.05, 4.69) is 4.74 Å². The lowest BCUT2D eigenvalue weighted by atomic mass is 10.1. The Hall–Kier alpha value is -2.65. The number of hydrogen-bond acceptors (Lipinski definition) is 3. The molecule has 0 N–H and O–H groups in total. The molecular formula is C21H19ClF4N2O3. The van der Waals surface area contributed by atoms with E-state index < -0.39 is 18.6 Å². The fourth-order valence-corrected chi connectivity index (χ4v) is 3.40. The molecule has 0 unspecified atom stereocenters. The molecule has 0 spiro atoms. The molecule has 0 aliphatic carbocycles. The van der Waals surface area contributed by atoms with Crippen molar-refractivity contribution in [3.05, 3.63) is 70.0 Å². The van der Waals surface area contributed by atoms with Crippen LogP contribution in [0.15, 0.2) is 42.5 Å². The van der Waals surface area contributed by atoms with Crippen molar-refractivity contribution < 1.29 is 31.9 Å². The molecule has 0 bridgehead atoms. The summed E-state index contributed by atoms with van der Waals surface area (Å²) in [7, 11) is 0. The quantitative estimate of drug-likeness (QED) is 0.632. The molecule has 0 aromatic heterocycles. The maximum Gasteiger partial charge on any atom is 0.411 e. The molecule has 2 amide bonds. The maximum absolute atomic E-state index is 13.2. The van der Waals surface area contributed by atoms with Crippen molar-refractivity contribution in [2.45, 2.75) is 12.8 Å². The Kier molecular flexibility index (Phi) is 7.17. The number of nitrogens with zero attached hydrogens (tertiary/aromatic N) is 2. The highest BCUT2D eigenvalue weighted by Crippen LogP contribution is 2.21. The summed E-state index contributed by atoms with van der Waals surface area (Å²) in [5.74, 6) is -1.11. The standard InChI is InChI=1S/C21H19ClF4N2O3/c22-18-11-16(23)5-6-17(18)20(30)28-9-7-27(8-10-28)19(29)15-3-1-14(2-4-15)12-31-13-21(24,25)26/h1-6,11H,7-10,12-13H2. The molecule has 2 aromatic carbocycles. The van der Waals surface area contributed by atoms with Crippen LogP contribution in [0.25, 0.3) is 0 Å². The van der Waals surface area contributed by atoms with Gasteiger partial charge in [-0.3, -0.25) is 9.59 Å². The average Bonchev–Trinajstić information content (AvgIpc) is 2.72. The van der Waals surface area contributed by atoms with E-state index in [4.69, 9.17) is 11.6 Å². The Bertz CT molecular complexity index is 943. The fraction of sp³-hybridized carbons (Fsp3) is 0.333. The van der Waals surface area contributed by atoms with Gasteiger partial charge in [0.1, 0.15) is 12.4 Å². The van der Waals surface area contributed by atoms with Crippen LogP contribution in [0, 0.1) is 5.82 Å². The van der Waals surface area contributed by atoms with Crippen molar-refractivity contribution in [1.29, 1.82) is 0 Å². The zero-order chi connectivity index (χ0) is 22.6. The van der Waals surface area contributed by atoms with Crippen molar-refractivity contribution in [1.82, 2.24) is 9.80 Å². The third-order valence-corrected chi connectivity index (χ3v) is 5.06. The zero-order valence-electron chi connectivity index (χ0n) is 16.3. The molecule has 1 aliphatic heterocycles. The van der Waals surface area contributed by atoms with Gasteiger partial charge in [-0.2, -0.15) is 13.2 Å². The number of ether oxygens (including phenoxy) is 1. The molecule has 5 nitrogen and oxygen atoms in total. The van der Waals surface area contributed by atoms with E-state index >= 15 is 0 Å². The highest BCUT2D eigenvalue weighted by molar-refractivity contribution is 6.33. The summed E-state index contributed by atoms with van der Waals surface area (Å²) in [6.45, 7) is -0.344. The van der Waals surface area contributed by atoms with Gasteiger partial charge in [0, 0.05) is 31.7 Å². The van der Waals surface area contributed by atoms with E-state index in [1.165, 1.54) is 18.2 Å². The summed E-state index contributed by atoms with van der Waals surface area (Å²) in [5.41, 5.74) is 1.11. The molecule has 1 aliphatic rings. The van der Waals surface area contributed by atoms with Gasteiger partial charge in [0.05, 0.1) is 17.2 Å². The average molecular weight is 459 g/mol. The number of benzene rings is 2. The van der Waals surface area contributed by atoms with Crippen LogP contribution < -0.4 is 0 Å².